The molecule has 1 aromatic carbocycles. The molecule has 16 heavy (non-hydrogen) atoms. The summed E-state index contributed by atoms with van der Waals surface area (Å²) in [5.74, 6) is 1.08. The Bertz CT molecular complexity index is 407. The van der Waals surface area contributed by atoms with Crippen molar-refractivity contribution in [2.24, 2.45) is 4.99 Å². The maximum Gasteiger partial charge on any atom is 0.162 e. The Hall–Kier alpha value is -1.00. The first kappa shape index (κ1) is 10.2. The zero-order valence-corrected chi connectivity index (χ0v) is 9.73. The van der Waals surface area contributed by atoms with Crippen molar-refractivity contribution in [2.45, 2.75) is 18.7 Å². The van der Waals surface area contributed by atoms with Crippen molar-refractivity contribution in [1.29, 1.82) is 0 Å². The fourth-order valence-electron chi connectivity index (χ4n) is 2.31. The molecule has 0 bridgehead atoms. The fourth-order valence-corrected chi connectivity index (χ4v) is 3.36. The summed E-state index contributed by atoms with van der Waals surface area (Å²) in [6.07, 6.45) is 0.163. The molecule has 1 saturated heterocycles. The Kier molecular flexibility index (Phi) is 2.61. The van der Waals surface area contributed by atoms with Gasteiger partial charge in [0, 0.05) is 18.7 Å². The molecule has 0 radical (unpaired) electrons. The minimum absolute atomic E-state index is 0.290. The molecule has 84 valence electrons. The van der Waals surface area contributed by atoms with E-state index < -0.39 is 6.23 Å². The highest BCUT2D eigenvalue weighted by Crippen LogP contribution is 2.36. The van der Waals surface area contributed by atoms with E-state index >= 15 is 0 Å². The van der Waals surface area contributed by atoms with Gasteiger partial charge in [0.25, 0.3) is 0 Å². The van der Waals surface area contributed by atoms with E-state index in [0.29, 0.717) is 12.5 Å². The van der Waals surface area contributed by atoms with E-state index in [-0.39, 0.29) is 0 Å². The van der Waals surface area contributed by atoms with E-state index in [1.807, 2.05) is 6.07 Å². The van der Waals surface area contributed by atoms with Gasteiger partial charge in [-0.3, -0.25) is 0 Å². The first-order valence-corrected chi connectivity index (χ1v) is 6.53. The van der Waals surface area contributed by atoms with E-state index in [9.17, 15) is 5.11 Å². The molecular weight excluding hydrogens is 220 g/mol. The van der Waals surface area contributed by atoms with Gasteiger partial charge < -0.3 is 10.0 Å². The Morgan fingerprint density at radius 1 is 1.31 bits per heavy atom. The van der Waals surface area contributed by atoms with E-state index in [4.69, 9.17) is 0 Å². The monoisotopic (exact) mass is 234 g/mol. The van der Waals surface area contributed by atoms with Crippen molar-refractivity contribution < 1.29 is 5.11 Å². The van der Waals surface area contributed by atoms with E-state index in [1.54, 1.807) is 11.8 Å². The maximum absolute atomic E-state index is 9.76. The quantitative estimate of drug-likeness (QED) is 0.805. The maximum atomic E-state index is 9.76. The molecule has 3 rings (SSSR count). The van der Waals surface area contributed by atoms with Crippen LogP contribution in [0.5, 0.6) is 0 Å². The number of aliphatic hydroxyl groups excluding tert-OH is 1. The van der Waals surface area contributed by atoms with Gasteiger partial charge in [0.05, 0.1) is 6.04 Å². The van der Waals surface area contributed by atoms with Gasteiger partial charge in [0.15, 0.2) is 5.17 Å². The van der Waals surface area contributed by atoms with Crippen molar-refractivity contribution in [3.63, 3.8) is 0 Å². The highest BCUT2D eigenvalue weighted by molar-refractivity contribution is 8.14. The highest BCUT2D eigenvalue weighted by atomic mass is 32.2. The second kappa shape index (κ2) is 4.11. The van der Waals surface area contributed by atoms with Gasteiger partial charge in [0.2, 0.25) is 0 Å². The van der Waals surface area contributed by atoms with Crippen molar-refractivity contribution in [3.05, 3.63) is 35.9 Å². The number of nitrogens with zero attached hydrogens (tertiary/aromatic N) is 2. The Balaban J connectivity index is 1.94. The molecule has 1 aromatic rings. The van der Waals surface area contributed by atoms with Gasteiger partial charge in [-0.25, -0.2) is 4.99 Å². The number of benzene rings is 1. The predicted octanol–water partition coefficient (Wildman–Crippen LogP) is 1.85. The van der Waals surface area contributed by atoms with Gasteiger partial charge in [-0.15, -0.1) is 0 Å². The predicted molar refractivity (Wildman–Crippen MR) is 66.4 cm³/mol. The lowest BCUT2D eigenvalue weighted by atomic mass is 10.0. The van der Waals surface area contributed by atoms with Crippen molar-refractivity contribution in [1.82, 2.24) is 4.90 Å². The molecule has 1 N–H and O–H groups in total. The number of hydrogen-bond acceptors (Lipinski definition) is 4. The molecule has 2 unspecified atom stereocenters. The largest absolute Gasteiger partial charge is 0.372 e. The molecule has 0 saturated carbocycles. The summed E-state index contributed by atoms with van der Waals surface area (Å²) in [7, 11) is 0. The van der Waals surface area contributed by atoms with E-state index in [0.717, 1.165) is 17.5 Å². The van der Waals surface area contributed by atoms with Gasteiger partial charge >= 0.3 is 0 Å². The number of aliphatic imine (C=N–C) groups is 1. The highest BCUT2D eigenvalue weighted by Gasteiger charge is 2.33. The minimum atomic E-state index is -0.540. The molecule has 2 aliphatic heterocycles. The first-order chi connectivity index (χ1) is 7.84. The summed E-state index contributed by atoms with van der Waals surface area (Å²) in [4.78, 5) is 6.59. The van der Waals surface area contributed by atoms with Crippen molar-refractivity contribution >= 4 is 16.9 Å². The molecule has 4 heteroatoms. The summed E-state index contributed by atoms with van der Waals surface area (Å²) >= 11 is 1.74. The van der Waals surface area contributed by atoms with Crippen LogP contribution in [0.3, 0.4) is 0 Å². The van der Waals surface area contributed by atoms with Crippen LogP contribution < -0.4 is 0 Å². The van der Waals surface area contributed by atoms with E-state index in [2.05, 4.69) is 34.2 Å². The summed E-state index contributed by atoms with van der Waals surface area (Å²) in [6, 6.07) is 10.7. The number of amidine groups is 1. The van der Waals surface area contributed by atoms with Crippen LogP contribution in [-0.2, 0) is 0 Å². The Morgan fingerprint density at radius 2 is 2.12 bits per heavy atom. The average molecular weight is 234 g/mol. The topological polar surface area (TPSA) is 35.8 Å². The molecule has 0 aliphatic carbocycles. The van der Waals surface area contributed by atoms with E-state index in [1.165, 1.54) is 5.56 Å². The number of rotatable bonds is 1. The third-order valence-corrected chi connectivity index (χ3v) is 4.05. The Labute approximate surface area is 99.2 Å². The molecule has 1 fully saturated rings. The van der Waals surface area contributed by atoms with Gasteiger partial charge in [-0.1, -0.05) is 42.1 Å². The number of thioether (sulfide) groups is 1. The van der Waals surface area contributed by atoms with Crippen LogP contribution in [0.2, 0.25) is 0 Å². The second-order valence-electron chi connectivity index (χ2n) is 4.10. The zero-order valence-electron chi connectivity index (χ0n) is 8.91. The SMILES string of the molecule is OC1CC(c2ccccc2)N2CCSC2=N1. The smallest absolute Gasteiger partial charge is 0.162 e. The van der Waals surface area contributed by atoms with Gasteiger partial charge in [0.1, 0.15) is 6.23 Å². The molecule has 2 atom stereocenters. The fraction of sp³-hybridized carbons (Fsp3) is 0.417. The minimum Gasteiger partial charge on any atom is -0.372 e. The molecule has 2 heterocycles. The van der Waals surface area contributed by atoms with Gasteiger partial charge in [-0.2, -0.15) is 0 Å². The Morgan fingerprint density at radius 3 is 2.94 bits per heavy atom. The average Bonchev–Trinajstić information content (AvgIpc) is 2.77. The summed E-state index contributed by atoms with van der Waals surface area (Å²) in [5.41, 5.74) is 1.27. The lowest BCUT2D eigenvalue weighted by Crippen LogP contribution is -2.36. The molecule has 0 aromatic heterocycles. The van der Waals surface area contributed by atoms with Crippen molar-refractivity contribution in [3.8, 4) is 0 Å². The van der Waals surface area contributed by atoms with Crippen LogP contribution in [-0.4, -0.2) is 33.7 Å². The van der Waals surface area contributed by atoms with Crippen LogP contribution in [0.25, 0.3) is 0 Å². The van der Waals surface area contributed by atoms with Crippen molar-refractivity contribution in [2.75, 3.05) is 12.3 Å². The first-order valence-electron chi connectivity index (χ1n) is 5.55. The van der Waals surface area contributed by atoms with Crippen LogP contribution in [0, 0.1) is 0 Å². The number of hydrogen-bond donors (Lipinski definition) is 1. The van der Waals surface area contributed by atoms with Crippen LogP contribution in [0.4, 0.5) is 0 Å². The number of fused-ring (bicyclic) bond motifs is 1. The lowest BCUT2D eigenvalue weighted by Gasteiger charge is -2.34. The van der Waals surface area contributed by atoms with Crippen LogP contribution in [0.1, 0.15) is 18.0 Å². The summed E-state index contributed by atoms with van der Waals surface area (Å²) < 4.78 is 0. The van der Waals surface area contributed by atoms with Crippen LogP contribution >= 0.6 is 11.8 Å². The van der Waals surface area contributed by atoms with Crippen LogP contribution in [0.15, 0.2) is 35.3 Å². The normalized spacial score (nSPS) is 28.8. The summed E-state index contributed by atoms with van der Waals surface area (Å²) in [5, 5.41) is 10.8. The molecule has 0 amide bonds. The molecule has 0 spiro atoms. The molecule has 3 nitrogen and oxygen atoms in total. The number of aliphatic hydroxyl groups is 1. The summed E-state index contributed by atoms with van der Waals surface area (Å²) in [6.45, 7) is 1.04. The standard InChI is InChI=1S/C12H14N2OS/c15-11-8-10(9-4-2-1-3-5-9)14-6-7-16-12(14)13-11/h1-5,10-11,15H,6-8H2. The second-order valence-corrected chi connectivity index (χ2v) is 5.16. The van der Waals surface area contributed by atoms with Gasteiger partial charge in [-0.05, 0) is 5.56 Å². The lowest BCUT2D eigenvalue weighted by molar-refractivity contribution is 0.123. The molecule has 2 aliphatic rings. The zero-order chi connectivity index (χ0) is 11.0. The third kappa shape index (κ3) is 1.72. The molecular formula is C12H14N2OS. The third-order valence-electron chi connectivity index (χ3n) is 3.06.